The molecule has 3 rings (SSSR count). The summed E-state index contributed by atoms with van der Waals surface area (Å²) in [5.41, 5.74) is -0.804. The van der Waals surface area contributed by atoms with Gasteiger partial charge in [0.1, 0.15) is 5.82 Å². The van der Waals surface area contributed by atoms with E-state index in [1.165, 1.54) is 25.2 Å². The van der Waals surface area contributed by atoms with E-state index in [4.69, 9.17) is 4.42 Å². The summed E-state index contributed by atoms with van der Waals surface area (Å²) in [7, 11) is -2.54. The minimum Gasteiger partial charge on any atom is -0.438 e. The Morgan fingerprint density at radius 2 is 1.90 bits per heavy atom. The van der Waals surface area contributed by atoms with Gasteiger partial charge in [-0.2, -0.15) is 13.2 Å². The van der Waals surface area contributed by atoms with Gasteiger partial charge in [0.15, 0.2) is 5.76 Å². The number of nitrogens with one attached hydrogen (secondary N) is 2. The first-order chi connectivity index (χ1) is 13.6. The molecule has 2 aromatic heterocycles. The highest BCUT2D eigenvalue weighted by Crippen LogP contribution is 2.29. The van der Waals surface area contributed by atoms with Crippen molar-refractivity contribution in [3.05, 3.63) is 41.8 Å². The largest absolute Gasteiger partial charge is 0.438 e. The molecule has 1 fully saturated rings. The van der Waals surface area contributed by atoms with Crippen LogP contribution in [-0.4, -0.2) is 45.5 Å². The molecular formula is C17H19F3N4O4S. The van der Waals surface area contributed by atoms with Crippen LogP contribution < -0.4 is 14.9 Å². The number of pyridine rings is 1. The summed E-state index contributed by atoms with van der Waals surface area (Å²) in [5.74, 6) is -0.213. The first-order valence-electron chi connectivity index (χ1n) is 8.72. The number of aromatic nitrogens is 1. The number of alkyl halides is 3. The maximum Gasteiger partial charge on any atom is 0.417 e. The third-order valence-corrected chi connectivity index (χ3v) is 5.85. The van der Waals surface area contributed by atoms with Crippen LogP contribution in [0.5, 0.6) is 0 Å². The zero-order chi connectivity index (χ0) is 21.2. The lowest BCUT2D eigenvalue weighted by molar-refractivity contribution is -0.137. The minimum atomic E-state index is -4.43. The first kappa shape index (κ1) is 21.1. The molecule has 2 aromatic rings. The van der Waals surface area contributed by atoms with Crippen molar-refractivity contribution >= 4 is 21.7 Å². The summed E-state index contributed by atoms with van der Waals surface area (Å²) in [6.45, 7) is 1.00. The number of hydrogen-bond acceptors (Lipinski definition) is 6. The molecule has 1 aliphatic rings. The van der Waals surface area contributed by atoms with Crippen LogP contribution in [0.2, 0.25) is 0 Å². The summed E-state index contributed by atoms with van der Waals surface area (Å²) in [6, 6.07) is 4.61. The van der Waals surface area contributed by atoms with Crippen molar-refractivity contribution < 1.29 is 30.8 Å². The van der Waals surface area contributed by atoms with Gasteiger partial charge in [0.25, 0.3) is 15.9 Å². The number of nitrogens with zero attached hydrogens (tertiary/aromatic N) is 2. The smallest absolute Gasteiger partial charge is 0.417 e. The molecule has 1 amide bonds. The Balaban J connectivity index is 1.55. The van der Waals surface area contributed by atoms with Crippen molar-refractivity contribution in [1.82, 2.24) is 15.0 Å². The van der Waals surface area contributed by atoms with Crippen LogP contribution in [0.1, 0.15) is 29.0 Å². The molecule has 3 heterocycles. The summed E-state index contributed by atoms with van der Waals surface area (Å²) in [5, 5.41) is 2.42. The van der Waals surface area contributed by atoms with Gasteiger partial charge in [-0.1, -0.05) is 0 Å². The molecule has 1 aliphatic heterocycles. The van der Waals surface area contributed by atoms with Crippen molar-refractivity contribution in [3.8, 4) is 0 Å². The monoisotopic (exact) mass is 432 g/mol. The van der Waals surface area contributed by atoms with Gasteiger partial charge in [-0.05, 0) is 44.2 Å². The Labute approximate surface area is 165 Å². The maximum atomic E-state index is 12.6. The highest BCUT2D eigenvalue weighted by molar-refractivity contribution is 7.89. The fraction of sp³-hybridized carbons (Fsp3) is 0.412. The lowest BCUT2D eigenvalue weighted by Crippen LogP contribution is -2.44. The molecule has 0 aromatic carbocycles. The van der Waals surface area contributed by atoms with E-state index in [9.17, 15) is 26.4 Å². The Morgan fingerprint density at radius 1 is 1.21 bits per heavy atom. The summed E-state index contributed by atoms with van der Waals surface area (Å²) < 4.78 is 68.4. The molecule has 0 unspecified atom stereocenters. The number of anilines is 1. The number of rotatable bonds is 5. The molecule has 29 heavy (non-hydrogen) atoms. The predicted molar refractivity (Wildman–Crippen MR) is 96.9 cm³/mol. The van der Waals surface area contributed by atoms with Gasteiger partial charge in [-0.15, -0.1) is 0 Å². The molecular weight excluding hydrogens is 413 g/mol. The van der Waals surface area contributed by atoms with Crippen LogP contribution in [0, 0.1) is 0 Å². The van der Waals surface area contributed by atoms with E-state index < -0.39 is 27.7 Å². The first-order valence-corrected chi connectivity index (χ1v) is 10.2. The van der Waals surface area contributed by atoms with E-state index in [0.29, 0.717) is 31.7 Å². The number of piperidine rings is 1. The summed E-state index contributed by atoms with van der Waals surface area (Å²) in [4.78, 5) is 18.0. The standard InChI is InChI=1S/C17H19F3N4O4S/c1-21-29(26,27)15-5-3-13(28-15)16(25)23-12-6-8-24(9-7-12)14-4-2-11(10-22-14)17(18,19)20/h2-5,10,12,21H,6-9H2,1H3,(H,23,25). The van der Waals surface area contributed by atoms with Crippen molar-refractivity contribution in [1.29, 1.82) is 0 Å². The van der Waals surface area contributed by atoms with Gasteiger partial charge < -0.3 is 14.6 Å². The topological polar surface area (TPSA) is 105 Å². The maximum absolute atomic E-state index is 12.6. The zero-order valence-corrected chi connectivity index (χ0v) is 16.2. The second-order valence-corrected chi connectivity index (χ2v) is 8.28. The predicted octanol–water partition coefficient (Wildman–Crippen LogP) is 2.00. The molecule has 12 heteroatoms. The van der Waals surface area contributed by atoms with E-state index in [2.05, 4.69) is 15.0 Å². The van der Waals surface area contributed by atoms with Crippen molar-refractivity contribution in [2.45, 2.75) is 30.2 Å². The van der Waals surface area contributed by atoms with Gasteiger partial charge in [-0.25, -0.2) is 18.1 Å². The molecule has 8 nitrogen and oxygen atoms in total. The Bertz CT molecular complexity index is 965. The summed E-state index contributed by atoms with van der Waals surface area (Å²) >= 11 is 0. The Kier molecular flexibility index (Phi) is 5.85. The molecule has 0 spiro atoms. The van der Waals surface area contributed by atoms with Gasteiger partial charge in [0.2, 0.25) is 5.09 Å². The third kappa shape index (κ3) is 4.88. The number of amides is 1. The van der Waals surface area contributed by atoms with Crippen LogP contribution in [0.3, 0.4) is 0 Å². The van der Waals surface area contributed by atoms with Crippen LogP contribution in [0.25, 0.3) is 0 Å². The van der Waals surface area contributed by atoms with E-state index in [0.717, 1.165) is 12.3 Å². The molecule has 1 saturated heterocycles. The lowest BCUT2D eigenvalue weighted by atomic mass is 10.0. The molecule has 0 saturated carbocycles. The van der Waals surface area contributed by atoms with Gasteiger partial charge in [0, 0.05) is 25.3 Å². The van der Waals surface area contributed by atoms with Crippen LogP contribution in [-0.2, 0) is 16.2 Å². The van der Waals surface area contributed by atoms with Crippen molar-refractivity contribution in [2.75, 3.05) is 25.0 Å². The lowest BCUT2D eigenvalue weighted by Gasteiger charge is -2.33. The quantitative estimate of drug-likeness (QED) is 0.749. The SMILES string of the molecule is CNS(=O)(=O)c1ccc(C(=O)NC2CCN(c3ccc(C(F)(F)F)cn3)CC2)o1. The number of carbonyl (C=O) groups is 1. The molecule has 158 valence electrons. The van der Waals surface area contributed by atoms with Gasteiger partial charge >= 0.3 is 6.18 Å². The van der Waals surface area contributed by atoms with E-state index in [-0.39, 0.29) is 16.9 Å². The second-order valence-electron chi connectivity index (χ2n) is 6.46. The average molecular weight is 432 g/mol. The Morgan fingerprint density at radius 3 is 2.45 bits per heavy atom. The molecule has 0 atom stereocenters. The average Bonchev–Trinajstić information content (AvgIpc) is 3.19. The van der Waals surface area contributed by atoms with Gasteiger partial charge in [0.05, 0.1) is 5.56 Å². The highest BCUT2D eigenvalue weighted by Gasteiger charge is 2.31. The number of furan rings is 1. The fourth-order valence-electron chi connectivity index (χ4n) is 2.94. The fourth-order valence-corrected chi connectivity index (χ4v) is 3.59. The minimum absolute atomic E-state index is 0.120. The number of hydrogen-bond donors (Lipinski definition) is 2. The second kappa shape index (κ2) is 8.03. The van der Waals surface area contributed by atoms with Crippen LogP contribution in [0.4, 0.5) is 19.0 Å². The van der Waals surface area contributed by atoms with Crippen LogP contribution in [0.15, 0.2) is 40.0 Å². The number of carbonyl (C=O) groups excluding carboxylic acids is 1. The van der Waals surface area contributed by atoms with E-state index in [1.807, 2.05) is 4.90 Å². The normalized spacial score (nSPS) is 16.1. The van der Waals surface area contributed by atoms with Crippen molar-refractivity contribution in [2.24, 2.45) is 0 Å². The molecule has 0 aliphatic carbocycles. The van der Waals surface area contributed by atoms with Gasteiger partial charge in [-0.3, -0.25) is 4.79 Å². The van der Waals surface area contributed by atoms with Crippen LogP contribution >= 0.6 is 0 Å². The van der Waals surface area contributed by atoms with E-state index in [1.54, 1.807) is 0 Å². The molecule has 0 bridgehead atoms. The summed E-state index contributed by atoms with van der Waals surface area (Å²) in [6.07, 6.45) is -2.52. The third-order valence-electron chi connectivity index (χ3n) is 4.57. The van der Waals surface area contributed by atoms with Crippen molar-refractivity contribution in [3.63, 3.8) is 0 Å². The van der Waals surface area contributed by atoms with E-state index >= 15 is 0 Å². The molecule has 2 N–H and O–H groups in total. The number of sulfonamides is 1. The molecule has 0 radical (unpaired) electrons. The zero-order valence-electron chi connectivity index (χ0n) is 15.4. The number of halogens is 3. The highest BCUT2D eigenvalue weighted by atomic mass is 32.2. The Hall–Kier alpha value is -2.60.